The van der Waals surface area contributed by atoms with Gasteiger partial charge in [-0.2, -0.15) is 0 Å². The van der Waals surface area contributed by atoms with Crippen molar-refractivity contribution < 1.29 is 18.0 Å². The number of carbonyl (C=O) groups is 1. The van der Waals surface area contributed by atoms with Crippen LogP contribution < -0.4 is 5.32 Å². The number of halogens is 3. The van der Waals surface area contributed by atoms with Gasteiger partial charge in [0.05, 0.1) is 22.9 Å². The van der Waals surface area contributed by atoms with E-state index in [2.05, 4.69) is 5.32 Å². The van der Waals surface area contributed by atoms with Gasteiger partial charge >= 0.3 is 0 Å². The van der Waals surface area contributed by atoms with E-state index in [4.69, 9.17) is 16.0 Å². The lowest BCUT2D eigenvalue weighted by Gasteiger charge is -2.22. The molecule has 0 fully saturated rings. The summed E-state index contributed by atoms with van der Waals surface area (Å²) in [4.78, 5) is 14.0. The number of furan rings is 1. The van der Waals surface area contributed by atoms with E-state index >= 15 is 0 Å². The summed E-state index contributed by atoms with van der Waals surface area (Å²) in [5.74, 6) is -2.11. The number of nitrogens with zero attached hydrogens (tertiary/aromatic N) is 1. The molecule has 0 radical (unpaired) electrons. The van der Waals surface area contributed by atoms with Crippen LogP contribution in [0.2, 0.25) is 5.02 Å². The zero-order valence-corrected chi connectivity index (χ0v) is 12.8. The van der Waals surface area contributed by atoms with Crippen molar-refractivity contribution in [3.05, 3.63) is 58.5 Å². The number of benzene rings is 1. The predicted octanol–water partition coefficient (Wildman–Crippen LogP) is 3.24. The summed E-state index contributed by atoms with van der Waals surface area (Å²) in [6, 6.07) is 4.91. The lowest BCUT2D eigenvalue weighted by molar-refractivity contribution is 0.0938. The van der Waals surface area contributed by atoms with Gasteiger partial charge in [-0.25, -0.2) is 8.78 Å². The molecular weight excluding hydrogens is 314 g/mol. The topological polar surface area (TPSA) is 45.5 Å². The molecule has 4 nitrogen and oxygen atoms in total. The highest BCUT2D eigenvalue weighted by Crippen LogP contribution is 2.21. The molecular formula is C15H15ClF2N2O2. The first-order valence-corrected chi connectivity index (χ1v) is 6.90. The van der Waals surface area contributed by atoms with Crippen molar-refractivity contribution in [2.24, 2.45) is 0 Å². The van der Waals surface area contributed by atoms with Gasteiger partial charge in [0.1, 0.15) is 5.76 Å². The van der Waals surface area contributed by atoms with Crippen molar-refractivity contribution in [2.75, 3.05) is 20.6 Å². The van der Waals surface area contributed by atoms with E-state index in [1.54, 1.807) is 18.4 Å². The maximum absolute atomic E-state index is 13.2. The van der Waals surface area contributed by atoms with E-state index in [9.17, 15) is 13.6 Å². The van der Waals surface area contributed by atoms with Crippen molar-refractivity contribution in [2.45, 2.75) is 6.04 Å². The molecule has 0 saturated carbocycles. The Labute approximate surface area is 131 Å². The quantitative estimate of drug-likeness (QED) is 0.857. The van der Waals surface area contributed by atoms with Crippen LogP contribution in [-0.2, 0) is 0 Å². The van der Waals surface area contributed by atoms with E-state index in [1.807, 2.05) is 19.0 Å². The summed E-state index contributed by atoms with van der Waals surface area (Å²) < 4.78 is 31.6. The molecule has 2 rings (SSSR count). The first-order chi connectivity index (χ1) is 10.4. The van der Waals surface area contributed by atoms with Gasteiger partial charge in [0.25, 0.3) is 5.91 Å². The highest BCUT2D eigenvalue weighted by molar-refractivity contribution is 6.33. The fraction of sp³-hybridized carbons (Fsp3) is 0.267. The molecule has 22 heavy (non-hydrogen) atoms. The zero-order chi connectivity index (χ0) is 16.3. The summed E-state index contributed by atoms with van der Waals surface area (Å²) in [6.45, 7) is 0.231. The van der Waals surface area contributed by atoms with Crippen LogP contribution in [0.5, 0.6) is 0 Å². The number of hydrogen-bond donors (Lipinski definition) is 1. The molecule has 0 aliphatic carbocycles. The average molecular weight is 329 g/mol. The molecule has 118 valence electrons. The van der Waals surface area contributed by atoms with Crippen LogP contribution in [0.3, 0.4) is 0 Å². The van der Waals surface area contributed by atoms with Crippen molar-refractivity contribution in [1.29, 1.82) is 0 Å². The average Bonchev–Trinajstić information content (AvgIpc) is 2.96. The Morgan fingerprint density at radius 1 is 1.36 bits per heavy atom. The Balaban J connectivity index is 2.10. The van der Waals surface area contributed by atoms with Gasteiger partial charge in [-0.15, -0.1) is 0 Å². The number of amides is 1. The summed E-state index contributed by atoms with van der Waals surface area (Å²) in [5, 5.41) is 2.50. The maximum atomic E-state index is 13.2. The zero-order valence-electron chi connectivity index (χ0n) is 12.1. The Bertz CT molecular complexity index is 660. The van der Waals surface area contributed by atoms with Crippen LogP contribution in [0.4, 0.5) is 8.78 Å². The van der Waals surface area contributed by atoms with Crippen LogP contribution in [-0.4, -0.2) is 31.4 Å². The third-order valence-electron chi connectivity index (χ3n) is 3.21. The Morgan fingerprint density at radius 3 is 2.64 bits per heavy atom. The summed E-state index contributed by atoms with van der Waals surface area (Å²) in [5.41, 5.74) is -0.113. The van der Waals surface area contributed by atoms with Crippen LogP contribution >= 0.6 is 11.6 Å². The molecule has 0 bridgehead atoms. The van der Waals surface area contributed by atoms with Gasteiger partial charge < -0.3 is 9.73 Å². The highest BCUT2D eigenvalue weighted by atomic mass is 35.5. The lowest BCUT2D eigenvalue weighted by Crippen LogP contribution is -2.34. The molecule has 1 atom stereocenters. The fourth-order valence-corrected chi connectivity index (χ4v) is 2.24. The van der Waals surface area contributed by atoms with Crippen molar-refractivity contribution >= 4 is 17.5 Å². The minimum atomic E-state index is -1.12. The minimum Gasteiger partial charge on any atom is -0.468 e. The molecule has 1 heterocycles. The molecule has 1 unspecified atom stereocenters. The van der Waals surface area contributed by atoms with Crippen LogP contribution in [0.25, 0.3) is 0 Å². The predicted molar refractivity (Wildman–Crippen MR) is 78.8 cm³/mol. The van der Waals surface area contributed by atoms with Crippen molar-refractivity contribution in [3.8, 4) is 0 Å². The first kappa shape index (κ1) is 16.5. The Kier molecular flexibility index (Phi) is 5.15. The van der Waals surface area contributed by atoms with Gasteiger partial charge in [-0.05, 0) is 38.4 Å². The normalized spacial score (nSPS) is 12.5. The first-order valence-electron chi connectivity index (χ1n) is 6.52. The fourth-order valence-electron chi connectivity index (χ4n) is 2.00. The monoisotopic (exact) mass is 328 g/mol. The second kappa shape index (κ2) is 6.89. The molecule has 1 N–H and O–H groups in total. The second-order valence-electron chi connectivity index (χ2n) is 4.95. The number of rotatable bonds is 5. The number of nitrogens with one attached hydrogen (secondary N) is 1. The largest absolute Gasteiger partial charge is 0.468 e. The van der Waals surface area contributed by atoms with Gasteiger partial charge in [-0.3, -0.25) is 9.69 Å². The maximum Gasteiger partial charge on any atom is 0.252 e. The minimum absolute atomic E-state index is 0.113. The van der Waals surface area contributed by atoms with Crippen molar-refractivity contribution in [3.63, 3.8) is 0 Å². The molecule has 0 saturated heterocycles. The van der Waals surface area contributed by atoms with Gasteiger partial charge in [0, 0.05) is 6.54 Å². The van der Waals surface area contributed by atoms with E-state index in [-0.39, 0.29) is 23.2 Å². The molecule has 1 amide bonds. The summed E-state index contributed by atoms with van der Waals surface area (Å²) in [6.07, 6.45) is 1.54. The molecule has 7 heteroatoms. The summed E-state index contributed by atoms with van der Waals surface area (Å²) in [7, 11) is 3.67. The molecule has 0 aliphatic rings. The third-order valence-corrected chi connectivity index (χ3v) is 3.52. The van der Waals surface area contributed by atoms with E-state index in [0.29, 0.717) is 5.76 Å². The van der Waals surface area contributed by atoms with E-state index in [1.165, 1.54) is 0 Å². The second-order valence-corrected chi connectivity index (χ2v) is 5.36. The number of hydrogen-bond acceptors (Lipinski definition) is 3. The van der Waals surface area contributed by atoms with Crippen LogP contribution in [0.1, 0.15) is 22.2 Å². The molecule has 2 aromatic rings. The van der Waals surface area contributed by atoms with Crippen LogP contribution in [0.15, 0.2) is 34.9 Å². The van der Waals surface area contributed by atoms with Gasteiger partial charge in [-0.1, -0.05) is 11.6 Å². The standard InChI is InChI=1S/C15H15ClF2N2O2/c1-20(2)13(14-4-3-5-22-14)8-19-15(21)9-6-11(17)12(18)7-10(9)16/h3-7,13H,8H2,1-2H3,(H,19,21). The molecule has 1 aromatic heterocycles. The smallest absolute Gasteiger partial charge is 0.252 e. The highest BCUT2D eigenvalue weighted by Gasteiger charge is 2.20. The summed E-state index contributed by atoms with van der Waals surface area (Å²) >= 11 is 5.78. The van der Waals surface area contributed by atoms with Crippen LogP contribution in [0, 0.1) is 11.6 Å². The number of likely N-dealkylation sites (N-methyl/N-ethyl adjacent to an activating group) is 1. The SMILES string of the molecule is CN(C)C(CNC(=O)c1cc(F)c(F)cc1Cl)c1ccco1. The Hall–Kier alpha value is -1.92. The Morgan fingerprint density at radius 2 is 2.05 bits per heavy atom. The van der Waals surface area contributed by atoms with Gasteiger partial charge in [0.15, 0.2) is 11.6 Å². The number of carbonyl (C=O) groups excluding carboxylic acids is 1. The third kappa shape index (κ3) is 3.64. The van der Waals surface area contributed by atoms with Gasteiger partial charge in [0.2, 0.25) is 0 Å². The molecule has 1 aromatic carbocycles. The molecule has 0 aliphatic heterocycles. The lowest BCUT2D eigenvalue weighted by atomic mass is 10.1. The van der Waals surface area contributed by atoms with E-state index in [0.717, 1.165) is 12.1 Å². The molecule has 0 spiro atoms. The van der Waals surface area contributed by atoms with Crippen molar-refractivity contribution in [1.82, 2.24) is 10.2 Å². The van der Waals surface area contributed by atoms with E-state index < -0.39 is 17.5 Å².